The second-order valence-electron chi connectivity index (χ2n) is 6.18. The van der Waals surface area contributed by atoms with Crippen LogP contribution in [0.2, 0.25) is 0 Å². The van der Waals surface area contributed by atoms with E-state index in [-0.39, 0.29) is 5.97 Å². The van der Waals surface area contributed by atoms with Crippen LogP contribution in [0.5, 0.6) is 5.75 Å². The molecule has 0 aliphatic rings. The third-order valence-corrected chi connectivity index (χ3v) is 4.03. The maximum Gasteiger partial charge on any atom is 0.343 e. The van der Waals surface area contributed by atoms with Crippen LogP contribution in [0.15, 0.2) is 48.5 Å². The van der Waals surface area contributed by atoms with E-state index in [4.69, 9.17) is 4.74 Å². The second-order valence-corrected chi connectivity index (χ2v) is 6.18. The number of rotatable bonds is 2. The third-order valence-electron chi connectivity index (χ3n) is 4.03. The van der Waals surface area contributed by atoms with Crippen molar-refractivity contribution in [2.24, 2.45) is 0 Å². The molecule has 2 nitrogen and oxygen atoms in total. The molecule has 0 fully saturated rings. The monoisotopic (exact) mass is 304 g/mol. The first kappa shape index (κ1) is 15.3. The molecule has 0 atom stereocenters. The van der Waals surface area contributed by atoms with Gasteiger partial charge in [0.25, 0.3) is 0 Å². The quantitative estimate of drug-likeness (QED) is 0.475. The van der Waals surface area contributed by atoms with Crippen LogP contribution in [0.25, 0.3) is 10.8 Å². The van der Waals surface area contributed by atoms with Crippen LogP contribution < -0.4 is 4.74 Å². The van der Waals surface area contributed by atoms with Gasteiger partial charge < -0.3 is 4.74 Å². The van der Waals surface area contributed by atoms with Gasteiger partial charge in [0.05, 0.1) is 5.56 Å². The molecule has 0 saturated heterocycles. The van der Waals surface area contributed by atoms with Crippen molar-refractivity contribution in [1.82, 2.24) is 0 Å². The number of carbonyl (C=O) groups excluding carboxylic acids is 1. The first-order valence-corrected chi connectivity index (χ1v) is 7.74. The maximum atomic E-state index is 12.5. The molecule has 0 bridgehead atoms. The number of aryl methyl sites for hydroxylation is 4. The Labute approximate surface area is 136 Å². The van der Waals surface area contributed by atoms with E-state index in [1.165, 1.54) is 11.1 Å². The highest BCUT2D eigenvalue weighted by molar-refractivity contribution is 5.96. The summed E-state index contributed by atoms with van der Waals surface area (Å²) in [4.78, 5) is 12.5. The lowest BCUT2D eigenvalue weighted by Crippen LogP contribution is -2.10. The van der Waals surface area contributed by atoms with E-state index in [0.717, 1.165) is 21.9 Å². The average Bonchev–Trinajstić information content (AvgIpc) is 2.50. The number of ether oxygens (including phenoxy) is 1. The molecular weight excluding hydrogens is 284 g/mol. The van der Waals surface area contributed by atoms with Crippen LogP contribution in [-0.2, 0) is 0 Å². The molecule has 3 aromatic carbocycles. The highest BCUT2D eigenvalue weighted by Crippen LogP contribution is 2.26. The molecule has 0 amide bonds. The summed E-state index contributed by atoms with van der Waals surface area (Å²) >= 11 is 0. The van der Waals surface area contributed by atoms with Crippen molar-refractivity contribution in [3.8, 4) is 5.75 Å². The molecule has 3 aromatic rings. The SMILES string of the molecule is Cc1cc(C)c(OC(=O)c2ccc3cc(C)ccc3c2)c(C)c1. The largest absolute Gasteiger partial charge is 0.422 e. The maximum absolute atomic E-state index is 12.5. The Hall–Kier alpha value is -2.61. The Morgan fingerprint density at radius 1 is 0.739 bits per heavy atom. The molecule has 0 aliphatic heterocycles. The minimum Gasteiger partial charge on any atom is -0.422 e. The molecule has 0 radical (unpaired) electrons. The first-order chi connectivity index (χ1) is 10.9. The number of hydrogen-bond donors (Lipinski definition) is 0. The fraction of sp³-hybridized carbons (Fsp3) is 0.190. The molecule has 0 heterocycles. The van der Waals surface area contributed by atoms with E-state index in [2.05, 4.69) is 13.0 Å². The van der Waals surface area contributed by atoms with E-state index in [1.807, 2.05) is 63.2 Å². The lowest BCUT2D eigenvalue weighted by atomic mass is 10.0. The molecule has 116 valence electrons. The van der Waals surface area contributed by atoms with Gasteiger partial charge in [-0.1, -0.05) is 47.5 Å². The molecule has 0 saturated carbocycles. The van der Waals surface area contributed by atoms with E-state index < -0.39 is 0 Å². The van der Waals surface area contributed by atoms with E-state index in [0.29, 0.717) is 11.3 Å². The van der Waals surface area contributed by atoms with Gasteiger partial charge in [0, 0.05) is 0 Å². The van der Waals surface area contributed by atoms with Crippen molar-refractivity contribution in [3.05, 3.63) is 76.3 Å². The summed E-state index contributed by atoms with van der Waals surface area (Å²) in [7, 11) is 0. The van der Waals surface area contributed by atoms with Crippen molar-refractivity contribution in [1.29, 1.82) is 0 Å². The van der Waals surface area contributed by atoms with Crippen LogP contribution in [-0.4, -0.2) is 5.97 Å². The van der Waals surface area contributed by atoms with Crippen LogP contribution in [0.3, 0.4) is 0 Å². The number of fused-ring (bicyclic) bond motifs is 1. The fourth-order valence-electron chi connectivity index (χ4n) is 2.97. The Morgan fingerprint density at radius 2 is 1.35 bits per heavy atom. The van der Waals surface area contributed by atoms with Gasteiger partial charge in [-0.25, -0.2) is 4.79 Å². The summed E-state index contributed by atoms with van der Waals surface area (Å²) in [6.45, 7) is 8.03. The van der Waals surface area contributed by atoms with Crippen molar-refractivity contribution in [2.45, 2.75) is 27.7 Å². The summed E-state index contributed by atoms with van der Waals surface area (Å²) in [6.07, 6.45) is 0. The normalized spacial score (nSPS) is 10.8. The number of hydrogen-bond acceptors (Lipinski definition) is 2. The Bertz CT molecular complexity index is 884. The highest BCUT2D eigenvalue weighted by atomic mass is 16.5. The summed E-state index contributed by atoms with van der Waals surface area (Å²) in [6, 6.07) is 15.9. The first-order valence-electron chi connectivity index (χ1n) is 7.74. The van der Waals surface area contributed by atoms with Crippen molar-refractivity contribution in [2.75, 3.05) is 0 Å². The lowest BCUT2D eigenvalue weighted by Gasteiger charge is -2.12. The van der Waals surface area contributed by atoms with Gasteiger partial charge in [-0.3, -0.25) is 0 Å². The van der Waals surface area contributed by atoms with Gasteiger partial charge in [0.2, 0.25) is 0 Å². The summed E-state index contributed by atoms with van der Waals surface area (Å²) in [5.74, 6) is 0.340. The molecule has 2 heteroatoms. The summed E-state index contributed by atoms with van der Waals surface area (Å²) in [5, 5.41) is 2.17. The van der Waals surface area contributed by atoms with E-state index >= 15 is 0 Å². The molecule has 0 unspecified atom stereocenters. The molecule has 0 aliphatic carbocycles. The molecule has 23 heavy (non-hydrogen) atoms. The van der Waals surface area contributed by atoms with Gasteiger partial charge in [-0.15, -0.1) is 0 Å². The number of esters is 1. The highest BCUT2D eigenvalue weighted by Gasteiger charge is 2.13. The van der Waals surface area contributed by atoms with Gasteiger partial charge >= 0.3 is 5.97 Å². The zero-order chi connectivity index (χ0) is 16.6. The molecule has 0 spiro atoms. The van der Waals surface area contributed by atoms with Crippen LogP contribution in [0, 0.1) is 27.7 Å². The smallest absolute Gasteiger partial charge is 0.343 e. The van der Waals surface area contributed by atoms with Gasteiger partial charge in [0.1, 0.15) is 5.75 Å². The number of carbonyl (C=O) groups is 1. The Balaban J connectivity index is 1.93. The van der Waals surface area contributed by atoms with E-state index in [9.17, 15) is 4.79 Å². The minimum absolute atomic E-state index is 0.317. The fourth-order valence-corrected chi connectivity index (χ4v) is 2.97. The van der Waals surface area contributed by atoms with Crippen molar-refractivity contribution >= 4 is 16.7 Å². The summed E-state index contributed by atoms with van der Waals surface area (Å²) < 4.78 is 5.65. The predicted octanol–water partition coefficient (Wildman–Crippen LogP) is 5.29. The van der Waals surface area contributed by atoms with Gasteiger partial charge in [-0.05, 0) is 61.7 Å². The average molecular weight is 304 g/mol. The third kappa shape index (κ3) is 3.11. The van der Waals surface area contributed by atoms with Crippen LogP contribution >= 0.6 is 0 Å². The zero-order valence-corrected chi connectivity index (χ0v) is 13.9. The topological polar surface area (TPSA) is 26.3 Å². The standard InChI is InChI=1S/C21H20O2/c1-13-5-6-18-12-19(8-7-17(18)11-13)21(22)23-20-15(3)9-14(2)10-16(20)4/h5-12H,1-4H3. The molecule has 0 N–H and O–H groups in total. The van der Waals surface area contributed by atoms with E-state index in [1.54, 1.807) is 0 Å². The van der Waals surface area contributed by atoms with Crippen LogP contribution in [0.1, 0.15) is 32.6 Å². The van der Waals surface area contributed by atoms with Crippen molar-refractivity contribution in [3.63, 3.8) is 0 Å². The predicted molar refractivity (Wildman–Crippen MR) is 94.3 cm³/mol. The Kier molecular flexibility index (Phi) is 3.91. The lowest BCUT2D eigenvalue weighted by molar-refractivity contribution is 0.0732. The number of benzene rings is 3. The van der Waals surface area contributed by atoms with Gasteiger partial charge in [0.15, 0.2) is 0 Å². The summed E-state index contributed by atoms with van der Waals surface area (Å²) in [5.41, 5.74) is 4.90. The molecular formula is C21H20O2. The van der Waals surface area contributed by atoms with Crippen LogP contribution in [0.4, 0.5) is 0 Å². The zero-order valence-electron chi connectivity index (χ0n) is 13.9. The second kappa shape index (κ2) is 5.88. The minimum atomic E-state index is -0.317. The van der Waals surface area contributed by atoms with Gasteiger partial charge in [-0.2, -0.15) is 0 Å². The molecule has 3 rings (SSSR count). The van der Waals surface area contributed by atoms with Crippen molar-refractivity contribution < 1.29 is 9.53 Å². The Morgan fingerprint density at radius 3 is 2.04 bits per heavy atom. The molecule has 0 aromatic heterocycles.